The maximum Gasteiger partial charge on any atom is 0.234 e. The van der Waals surface area contributed by atoms with Crippen molar-refractivity contribution in [2.24, 2.45) is 0 Å². The van der Waals surface area contributed by atoms with Crippen molar-refractivity contribution in [2.45, 2.75) is 5.16 Å². The van der Waals surface area contributed by atoms with Gasteiger partial charge in [-0.25, -0.2) is 13.5 Å². The minimum Gasteiger partial charge on any atom is -0.335 e. The number of aromatic nitrogens is 3. The molecule has 0 aliphatic rings. The number of hydrogen-bond acceptors (Lipinski definition) is 5. The first kappa shape index (κ1) is 16.9. The van der Waals surface area contributed by atoms with Gasteiger partial charge in [0.05, 0.1) is 17.0 Å². The monoisotopic (exact) mass is 361 g/mol. The molecule has 9 heteroatoms. The molecule has 6 nitrogen and oxygen atoms in total. The molecule has 1 aromatic heterocycles. The number of carbonyl (C=O) groups is 1. The van der Waals surface area contributed by atoms with E-state index in [0.717, 1.165) is 16.4 Å². The summed E-state index contributed by atoms with van der Waals surface area (Å²) in [6, 6.07) is 11.9. The van der Waals surface area contributed by atoms with Gasteiger partial charge in [0.15, 0.2) is 5.82 Å². The highest BCUT2D eigenvalue weighted by molar-refractivity contribution is 7.99. The molecule has 0 aliphatic heterocycles. The van der Waals surface area contributed by atoms with E-state index in [1.807, 2.05) is 0 Å². The second-order valence-corrected chi connectivity index (χ2v) is 5.92. The quantitative estimate of drug-likeness (QED) is 0.539. The van der Waals surface area contributed by atoms with Crippen LogP contribution in [-0.2, 0) is 4.79 Å². The van der Waals surface area contributed by atoms with E-state index in [1.165, 1.54) is 30.3 Å². The number of hydrogen-bond donors (Lipinski definition) is 2. The van der Waals surface area contributed by atoms with E-state index in [4.69, 9.17) is 5.84 Å². The molecule has 0 bridgehead atoms. The molecular weight excluding hydrogens is 348 g/mol. The number of nitrogens with zero attached hydrogens (tertiary/aromatic N) is 3. The fourth-order valence-electron chi connectivity index (χ4n) is 2.08. The molecule has 2 aromatic carbocycles. The number of nitrogen functional groups attached to an aromatic ring is 1. The van der Waals surface area contributed by atoms with Gasteiger partial charge in [-0.1, -0.05) is 36.0 Å². The van der Waals surface area contributed by atoms with Crippen LogP contribution in [0, 0.1) is 11.6 Å². The number of para-hydroxylation sites is 1. The Labute approximate surface area is 146 Å². The third-order valence-corrected chi connectivity index (χ3v) is 4.20. The van der Waals surface area contributed by atoms with Crippen molar-refractivity contribution >= 4 is 23.4 Å². The van der Waals surface area contributed by atoms with Gasteiger partial charge in [0, 0.05) is 0 Å². The maximum absolute atomic E-state index is 13.8. The Morgan fingerprint density at radius 3 is 2.48 bits per heavy atom. The van der Waals surface area contributed by atoms with Crippen LogP contribution in [0.5, 0.6) is 0 Å². The van der Waals surface area contributed by atoms with Crippen LogP contribution >= 0.6 is 11.8 Å². The summed E-state index contributed by atoms with van der Waals surface area (Å²) in [5, 5.41) is 10.4. The SMILES string of the molecule is Nn1c(SCC(=O)Nc2ccccc2F)nnc1-c1ccccc1F. The number of thioether (sulfide) groups is 1. The molecule has 25 heavy (non-hydrogen) atoms. The molecule has 0 saturated carbocycles. The van der Waals surface area contributed by atoms with Crippen LogP contribution in [0.25, 0.3) is 11.4 Å². The van der Waals surface area contributed by atoms with E-state index in [1.54, 1.807) is 18.2 Å². The molecule has 0 radical (unpaired) electrons. The van der Waals surface area contributed by atoms with Gasteiger partial charge in [0.1, 0.15) is 11.6 Å². The summed E-state index contributed by atoms with van der Waals surface area (Å²) in [5.41, 5.74) is 0.300. The van der Waals surface area contributed by atoms with Crippen LogP contribution in [0.1, 0.15) is 0 Å². The molecule has 0 fully saturated rings. The topological polar surface area (TPSA) is 85.8 Å². The zero-order valence-electron chi connectivity index (χ0n) is 12.8. The highest BCUT2D eigenvalue weighted by Crippen LogP contribution is 2.23. The van der Waals surface area contributed by atoms with E-state index in [2.05, 4.69) is 15.5 Å². The molecule has 3 N–H and O–H groups in total. The lowest BCUT2D eigenvalue weighted by molar-refractivity contribution is -0.113. The van der Waals surface area contributed by atoms with Gasteiger partial charge in [-0.3, -0.25) is 4.79 Å². The summed E-state index contributed by atoms with van der Waals surface area (Å²) < 4.78 is 28.4. The smallest absolute Gasteiger partial charge is 0.234 e. The first-order valence-electron chi connectivity index (χ1n) is 7.19. The number of rotatable bonds is 5. The second kappa shape index (κ2) is 7.31. The molecular formula is C16H13F2N5OS. The van der Waals surface area contributed by atoms with Gasteiger partial charge in [-0.15, -0.1) is 10.2 Å². The largest absolute Gasteiger partial charge is 0.335 e. The Balaban J connectivity index is 1.67. The summed E-state index contributed by atoms with van der Waals surface area (Å²) in [6.07, 6.45) is 0. The van der Waals surface area contributed by atoms with Gasteiger partial charge in [-0.05, 0) is 24.3 Å². The zero-order valence-corrected chi connectivity index (χ0v) is 13.6. The number of nitrogens with one attached hydrogen (secondary N) is 1. The van der Waals surface area contributed by atoms with Gasteiger partial charge in [0.2, 0.25) is 11.1 Å². The van der Waals surface area contributed by atoms with Crippen LogP contribution in [0.4, 0.5) is 14.5 Å². The van der Waals surface area contributed by atoms with Crippen molar-refractivity contribution < 1.29 is 13.6 Å². The standard InChI is InChI=1S/C16H13F2N5OS/c17-11-6-2-1-5-10(11)15-21-22-16(23(15)19)25-9-14(24)20-13-8-4-3-7-12(13)18/h1-8H,9,19H2,(H,20,24). The van der Waals surface area contributed by atoms with Crippen molar-refractivity contribution in [1.29, 1.82) is 0 Å². The lowest BCUT2D eigenvalue weighted by Gasteiger charge is -2.06. The third kappa shape index (κ3) is 3.77. The van der Waals surface area contributed by atoms with Crippen molar-refractivity contribution in [1.82, 2.24) is 14.9 Å². The normalized spacial score (nSPS) is 10.6. The number of nitrogens with two attached hydrogens (primary N) is 1. The molecule has 0 saturated heterocycles. The summed E-state index contributed by atoms with van der Waals surface area (Å²) in [7, 11) is 0. The van der Waals surface area contributed by atoms with Crippen molar-refractivity contribution in [3.05, 3.63) is 60.2 Å². The number of amides is 1. The van der Waals surface area contributed by atoms with E-state index < -0.39 is 17.5 Å². The lowest BCUT2D eigenvalue weighted by Crippen LogP contribution is -2.17. The minimum absolute atomic E-state index is 0.0546. The van der Waals surface area contributed by atoms with Gasteiger partial charge in [0.25, 0.3) is 0 Å². The molecule has 0 atom stereocenters. The van der Waals surface area contributed by atoms with Crippen LogP contribution in [0.15, 0.2) is 53.7 Å². The van der Waals surface area contributed by atoms with Crippen molar-refractivity contribution in [3.63, 3.8) is 0 Å². The Hall–Kier alpha value is -2.94. The predicted octanol–water partition coefficient (Wildman–Crippen LogP) is 2.67. The van der Waals surface area contributed by atoms with Crippen molar-refractivity contribution in [2.75, 3.05) is 16.9 Å². The van der Waals surface area contributed by atoms with Crippen LogP contribution in [0.3, 0.4) is 0 Å². The van der Waals surface area contributed by atoms with E-state index >= 15 is 0 Å². The second-order valence-electron chi connectivity index (χ2n) is 4.97. The molecule has 1 amide bonds. The van der Waals surface area contributed by atoms with Crippen LogP contribution in [0.2, 0.25) is 0 Å². The fourth-order valence-corrected chi connectivity index (χ4v) is 2.74. The maximum atomic E-state index is 13.8. The molecule has 0 spiro atoms. The zero-order chi connectivity index (χ0) is 17.8. The highest BCUT2D eigenvalue weighted by atomic mass is 32.2. The molecule has 0 unspecified atom stereocenters. The summed E-state index contributed by atoms with van der Waals surface area (Å²) >= 11 is 1.01. The first-order chi connectivity index (χ1) is 12.1. The van der Waals surface area contributed by atoms with Crippen LogP contribution < -0.4 is 11.2 Å². The van der Waals surface area contributed by atoms with Gasteiger partial charge >= 0.3 is 0 Å². The van der Waals surface area contributed by atoms with Crippen LogP contribution in [-0.4, -0.2) is 26.5 Å². The molecule has 1 heterocycles. The summed E-state index contributed by atoms with van der Waals surface area (Å²) in [4.78, 5) is 11.9. The summed E-state index contributed by atoms with van der Waals surface area (Å²) in [5.74, 6) is 4.55. The van der Waals surface area contributed by atoms with Gasteiger partial charge in [-0.2, -0.15) is 0 Å². The molecule has 0 aliphatic carbocycles. The molecule has 3 rings (SSSR count). The number of halogens is 2. The Morgan fingerprint density at radius 2 is 1.76 bits per heavy atom. The Kier molecular flexibility index (Phi) is 4.94. The lowest BCUT2D eigenvalue weighted by atomic mass is 10.2. The van der Waals surface area contributed by atoms with E-state index in [9.17, 15) is 13.6 Å². The number of benzene rings is 2. The highest BCUT2D eigenvalue weighted by Gasteiger charge is 2.16. The average molecular weight is 361 g/mol. The first-order valence-corrected chi connectivity index (χ1v) is 8.17. The number of anilines is 1. The average Bonchev–Trinajstić information content (AvgIpc) is 2.96. The minimum atomic E-state index is -0.523. The predicted molar refractivity (Wildman–Crippen MR) is 91.3 cm³/mol. The van der Waals surface area contributed by atoms with Gasteiger partial charge < -0.3 is 11.2 Å². The third-order valence-electron chi connectivity index (χ3n) is 3.26. The van der Waals surface area contributed by atoms with E-state index in [-0.39, 0.29) is 28.0 Å². The Bertz CT molecular complexity index is 915. The molecule has 3 aromatic rings. The number of carbonyl (C=O) groups excluding carboxylic acids is 1. The Morgan fingerprint density at radius 1 is 1.08 bits per heavy atom. The van der Waals surface area contributed by atoms with Crippen molar-refractivity contribution in [3.8, 4) is 11.4 Å². The fraction of sp³-hybridized carbons (Fsp3) is 0.0625. The van der Waals surface area contributed by atoms with E-state index in [0.29, 0.717) is 0 Å². The summed E-state index contributed by atoms with van der Waals surface area (Å²) in [6.45, 7) is 0. The molecule has 128 valence electrons.